The van der Waals surface area contributed by atoms with Crippen LogP contribution in [0.15, 0.2) is 362 Å². The van der Waals surface area contributed by atoms with Crippen molar-refractivity contribution in [1.29, 1.82) is 0 Å². The minimum atomic E-state index is -0.354. The molecule has 8 aromatic carbocycles. The summed E-state index contributed by atoms with van der Waals surface area (Å²) in [6, 6.07) is 80.6. The molecular weight excluding hydrogens is 1620 g/mol. The molecule has 0 aliphatic carbocycles. The highest BCUT2D eigenvalue weighted by Crippen LogP contribution is 2.39. The highest BCUT2D eigenvalue weighted by Gasteiger charge is 2.42. The molecule has 0 spiro atoms. The molecule has 16 rings (SSSR count). The number of nitrogens with two attached hydrogens (primary N) is 1. The van der Waals surface area contributed by atoms with Crippen molar-refractivity contribution in [2.45, 2.75) is 129 Å². The van der Waals surface area contributed by atoms with Crippen molar-refractivity contribution in [3.63, 3.8) is 0 Å². The van der Waals surface area contributed by atoms with E-state index in [1.54, 1.807) is 45.2 Å². The Bertz CT molecular complexity index is 6200. The first-order chi connectivity index (χ1) is 62.8. The molecule has 3 amide bonds. The number of ketones is 1. The summed E-state index contributed by atoms with van der Waals surface area (Å²) in [5.41, 5.74) is 13.1. The summed E-state index contributed by atoms with van der Waals surface area (Å²) >= 11 is 0. The second-order valence-electron chi connectivity index (χ2n) is 32.1. The SMILES string of the molecule is C=CCC(C)CC(=O)c1c(OCc2ccccc2)c(=O)ccn1N.C=CCC(C)N1CNn2ccc(=O)c(OCc3ccccc3)c2C1=O.C=CCc1ccccc1C(c1ccccc1)N1CN(C(C)CC=C)C(=O)c2c(OCc3ccccc3)c(=O)ccn21.CC1CC=CCc2ccccc2C(c2ccccc2)N2CN1C(=O)c1c(OCc3ccccc3)c(=O)ccn12. The molecule has 0 saturated carbocycles. The van der Waals surface area contributed by atoms with Gasteiger partial charge in [0.15, 0.2) is 51.6 Å². The van der Waals surface area contributed by atoms with Crippen molar-refractivity contribution >= 4 is 23.5 Å². The van der Waals surface area contributed by atoms with Gasteiger partial charge in [-0.2, -0.15) is 0 Å². The standard InChI is InChI=1S/C35H35N3O3.C33H31N3O3.C19H21N3O3.C19H22N2O3/c1-4-14-26(3)36-25-38(32(29-19-10-7-11-20-29)30-21-13-12-18-28(30)15-5-2)37-23-22-31(39)34(33(37)35(36)40)41-24-27-16-8-6-9-17-27;1-24-12-8-9-15-26-16-10-11-19-28(26)30(27-17-6-3-7-18-27)36-23-34(24)33(38)31-32(29(37)20-21-35(31)36)39-22-25-13-4-2-5-14-25;1-3-7-14(2)21-13-20-22-11-10-16(23)18(17(22)19(21)24)25-12-15-8-5-4-6-9-15;1-3-7-14(2)12-17(23)18-19(16(22)10-11-21(18)20)24-13-15-8-5-4-6-9-15/h4-13,16-23,26,32H,1-2,14-15,24-25H2,3H3;2-11,13-14,16-21,24,30H,12,15,22-23H2,1H3;3-6,8-11,14,20H,1,7,12-13H2,2H3;3-6,8-11,14H,1,7,12-13,20H2,2H3. The van der Waals surface area contributed by atoms with Crippen LogP contribution in [0.1, 0.15) is 169 Å². The van der Waals surface area contributed by atoms with Crippen molar-refractivity contribution in [3.8, 4) is 23.0 Å². The zero-order chi connectivity index (χ0) is 90.9. The van der Waals surface area contributed by atoms with Crippen molar-refractivity contribution in [3.05, 3.63) is 462 Å². The van der Waals surface area contributed by atoms with Gasteiger partial charge in [-0.1, -0.05) is 274 Å². The van der Waals surface area contributed by atoms with E-state index in [2.05, 4.69) is 121 Å². The van der Waals surface area contributed by atoms with E-state index in [0.29, 0.717) is 45.7 Å². The topological polar surface area (TPSA) is 247 Å². The van der Waals surface area contributed by atoms with Gasteiger partial charge in [-0.15, -0.1) is 26.3 Å². The first-order valence-electron chi connectivity index (χ1n) is 43.3. The van der Waals surface area contributed by atoms with Gasteiger partial charge in [-0.3, -0.25) is 67.1 Å². The zero-order valence-corrected chi connectivity index (χ0v) is 73.2. The van der Waals surface area contributed by atoms with Gasteiger partial charge in [0.2, 0.25) is 21.7 Å². The lowest BCUT2D eigenvalue weighted by atomic mass is 9.92. The maximum absolute atomic E-state index is 14.1. The van der Waals surface area contributed by atoms with Crippen LogP contribution in [0.3, 0.4) is 0 Å². The fourth-order valence-electron chi connectivity index (χ4n) is 16.2. The predicted octanol–water partition coefficient (Wildman–Crippen LogP) is 17.0. The Morgan fingerprint density at radius 3 is 1.49 bits per heavy atom. The third kappa shape index (κ3) is 22.0. The van der Waals surface area contributed by atoms with E-state index < -0.39 is 0 Å². The van der Waals surface area contributed by atoms with Crippen molar-refractivity contribution < 1.29 is 38.1 Å². The smallest absolute Gasteiger partial charge is 0.278 e. The number of hydrogen-bond acceptors (Lipinski definition) is 16. The summed E-state index contributed by atoms with van der Waals surface area (Å²) < 4.78 is 30.0. The van der Waals surface area contributed by atoms with E-state index in [9.17, 15) is 38.4 Å². The number of aromatic nitrogens is 4. The fourth-order valence-corrected chi connectivity index (χ4v) is 16.2. The van der Waals surface area contributed by atoms with E-state index >= 15 is 0 Å². The Kier molecular flexibility index (Phi) is 31.2. The largest absolute Gasteiger partial charge is 0.483 e. The van der Waals surface area contributed by atoms with Crippen molar-refractivity contribution in [2.24, 2.45) is 5.92 Å². The molecule has 23 heteroatoms. The predicted molar refractivity (Wildman–Crippen MR) is 507 cm³/mol. The first-order valence-corrected chi connectivity index (χ1v) is 43.3. The average Bonchev–Trinajstić information content (AvgIpc) is 1.35. The molecule has 660 valence electrons. The quantitative estimate of drug-likeness (QED) is 0.0251. The number of carbonyl (C=O) groups excluding carboxylic acids is 4. The van der Waals surface area contributed by atoms with Gasteiger partial charge in [0.25, 0.3) is 17.7 Å². The number of carbonyl (C=O) groups is 4. The molecule has 4 aliphatic heterocycles. The number of benzene rings is 8. The number of rotatable bonds is 29. The molecule has 129 heavy (non-hydrogen) atoms. The third-order valence-electron chi connectivity index (χ3n) is 22.9. The van der Waals surface area contributed by atoms with Crippen LogP contribution in [0.25, 0.3) is 0 Å². The maximum atomic E-state index is 14.1. The van der Waals surface area contributed by atoms with Crippen LogP contribution in [0, 0.1) is 5.92 Å². The lowest BCUT2D eigenvalue weighted by molar-refractivity contribution is 0.0597. The van der Waals surface area contributed by atoms with Crippen LogP contribution < -0.4 is 61.9 Å². The molecule has 2 bridgehead atoms. The van der Waals surface area contributed by atoms with Gasteiger partial charge in [0.05, 0.1) is 12.1 Å². The number of ether oxygens (including phenoxy) is 4. The van der Waals surface area contributed by atoms with Crippen LogP contribution in [0.2, 0.25) is 0 Å². The highest BCUT2D eigenvalue weighted by atomic mass is 16.5. The lowest BCUT2D eigenvalue weighted by Gasteiger charge is -2.46. The van der Waals surface area contributed by atoms with Crippen LogP contribution in [-0.2, 0) is 39.3 Å². The molecule has 0 radical (unpaired) electrons. The van der Waals surface area contributed by atoms with Gasteiger partial charge >= 0.3 is 0 Å². The zero-order valence-electron chi connectivity index (χ0n) is 73.2. The molecule has 0 fully saturated rings. The summed E-state index contributed by atoms with van der Waals surface area (Å²) in [6.07, 6.45) is 22.4. The van der Waals surface area contributed by atoms with E-state index in [4.69, 9.17) is 24.8 Å². The van der Waals surface area contributed by atoms with Gasteiger partial charge in [-0.05, 0) is 121 Å². The Labute approximate surface area is 752 Å². The molecular formula is C106H109N11O12. The van der Waals surface area contributed by atoms with E-state index in [1.807, 2.05) is 217 Å². The fraction of sp³-hybridized carbons (Fsp3) is 0.226. The normalized spacial score (nSPS) is 15.1. The number of nitrogen functional groups attached to an aromatic ring is 1. The number of allylic oxidation sites excluding steroid dienone is 3. The summed E-state index contributed by atoms with van der Waals surface area (Å²) in [5, 5.41) is 4.32. The summed E-state index contributed by atoms with van der Waals surface area (Å²) in [6.45, 7) is 25.1. The minimum Gasteiger partial charge on any atom is -0.483 e. The van der Waals surface area contributed by atoms with Gasteiger partial charge in [0, 0.05) is 73.6 Å². The van der Waals surface area contributed by atoms with Crippen molar-refractivity contribution in [2.75, 3.05) is 41.3 Å². The van der Waals surface area contributed by atoms with E-state index in [-0.39, 0.29) is 160 Å². The van der Waals surface area contributed by atoms with Gasteiger partial charge < -0.3 is 44.9 Å². The number of nitrogens with one attached hydrogen (secondary N) is 1. The molecule has 8 heterocycles. The van der Waals surface area contributed by atoms with Crippen molar-refractivity contribution in [1.82, 2.24) is 33.4 Å². The van der Waals surface area contributed by atoms with E-state index in [1.165, 1.54) is 36.0 Å². The summed E-state index contributed by atoms with van der Waals surface area (Å²) in [7, 11) is 0. The van der Waals surface area contributed by atoms with Crippen LogP contribution in [-0.4, -0.2) is 95.0 Å². The summed E-state index contributed by atoms with van der Waals surface area (Å²) in [4.78, 5) is 110. The monoisotopic (exact) mass is 1730 g/mol. The maximum Gasteiger partial charge on any atom is 0.278 e. The number of Topliss-reactive ketones (excluding diaryl/α,β-unsaturated/α-hetero) is 1. The van der Waals surface area contributed by atoms with Crippen LogP contribution in [0.5, 0.6) is 23.0 Å². The highest BCUT2D eigenvalue weighted by molar-refractivity contribution is 5.99. The third-order valence-corrected chi connectivity index (χ3v) is 22.9. The lowest BCUT2D eigenvalue weighted by Crippen LogP contribution is -2.57. The molecule has 3 N–H and O–H groups in total. The molecule has 0 saturated heterocycles. The van der Waals surface area contributed by atoms with Crippen LogP contribution in [0.4, 0.5) is 0 Å². The Morgan fingerprint density at radius 2 is 0.930 bits per heavy atom. The minimum absolute atomic E-state index is 0.000318. The molecule has 4 aromatic heterocycles. The number of pyridine rings is 4. The molecule has 6 unspecified atom stereocenters. The number of nitrogens with zero attached hydrogens (tertiary/aromatic N) is 9. The van der Waals surface area contributed by atoms with Crippen LogP contribution >= 0.6 is 0 Å². The Morgan fingerprint density at radius 1 is 0.473 bits per heavy atom. The number of hydrogen-bond donors (Lipinski definition) is 2. The Balaban J connectivity index is 0.000000151. The first kappa shape index (κ1) is 91.4. The molecule has 12 aromatic rings. The molecule has 4 aliphatic rings. The molecule has 23 nitrogen and oxygen atoms in total. The van der Waals surface area contributed by atoms with Gasteiger partial charge in [-0.25, -0.2) is 0 Å². The summed E-state index contributed by atoms with van der Waals surface area (Å²) in [5.74, 6) is 5.29. The van der Waals surface area contributed by atoms with E-state index in [0.717, 1.165) is 67.6 Å². The second kappa shape index (κ2) is 44.1. The second-order valence-corrected chi connectivity index (χ2v) is 32.1. The molecule has 6 atom stereocenters. The Hall–Kier alpha value is -15.3. The number of amides is 3. The van der Waals surface area contributed by atoms with Gasteiger partial charge in [0.1, 0.15) is 46.4 Å². The number of fused-ring (bicyclic) bond motifs is 7. The average molecular weight is 1730 g/mol.